The summed E-state index contributed by atoms with van der Waals surface area (Å²) in [6.45, 7) is 6.81. The van der Waals surface area contributed by atoms with Crippen molar-refractivity contribution in [3.63, 3.8) is 0 Å². The molecule has 39 heavy (non-hydrogen) atoms. The number of nitrogens with two attached hydrogens (primary N) is 1. The minimum atomic E-state index is -1.54. The number of carbonyl (C=O) groups excluding carboxylic acids is 4. The molecule has 13 heteroatoms. The van der Waals surface area contributed by atoms with E-state index < -0.39 is 59.5 Å². The molecule has 208 valence electrons. The number of aliphatic carboxylic acids is 1. The minimum absolute atomic E-state index is 0.142. The summed E-state index contributed by atoms with van der Waals surface area (Å²) in [4.78, 5) is 62.8. The van der Waals surface area contributed by atoms with Gasteiger partial charge in [0.2, 0.25) is 5.91 Å². The molecule has 0 bridgehead atoms. The molecule has 1 unspecified atom stereocenters. The molecule has 4 amide bonds. The summed E-state index contributed by atoms with van der Waals surface area (Å²) in [5, 5.41) is 14.6. The van der Waals surface area contributed by atoms with Crippen LogP contribution >= 0.6 is 11.6 Å². The first kappa shape index (κ1) is 30.8. The van der Waals surface area contributed by atoms with Crippen LogP contribution in [0.2, 0.25) is 5.02 Å². The second-order valence-electron chi connectivity index (χ2n) is 9.53. The molecule has 2 aromatic carbocycles. The molecule has 0 saturated heterocycles. The molecule has 0 heterocycles. The van der Waals surface area contributed by atoms with Crippen molar-refractivity contribution >= 4 is 46.9 Å². The van der Waals surface area contributed by atoms with Crippen molar-refractivity contribution in [2.24, 2.45) is 5.41 Å². The molecule has 6 N–H and O–H groups in total. The topological polar surface area (TPSA) is 171 Å². The average Bonchev–Trinajstić information content (AvgIpc) is 2.85. The van der Waals surface area contributed by atoms with Gasteiger partial charge in [-0.2, -0.15) is 0 Å². The van der Waals surface area contributed by atoms with Gasteiger partial charge in [-0.05, 0) is 29.2 Å². The van der Waals surface area contributed by atoms with E-state index in [4.69, 9.17) is 22.4 Å². The van der Waals surface area contributed by atoms with Crippen LogP contribution in [0.15, 0.2) is 60.9 Å². The van der Waals surface area contributed by atoms with E-state index in [9.17, 15) is 28.4 Å². The molecule has 0 saturated carbocycles. The van der Waals surface area contributed by atoms with Crippen molar-refractivity contribution in [1.82, 2.24) is 21.1 Å². The summed E-state index contributed by atoms with van der Waals surface area (Å²) in [7, 11) is 0. The van der Waals surface area contributed by atoms with E-state index >= 15 is 0 Å². The first-order chi connectivity index (χ1) is 18.1. The second-order valence-corrected chi connectivity index (χ2v) is 9.93. The van der Waals surface area contributed by atoms with Crippen molar-refractivity contribution in [3.05, 3.63) is 77.1 Å². The maximum Gasteiger partial charge on any atom is 0.325 e. The Morgan fingerprint density at radius 1 is 1.05 bits per heavy atom. The Balaban J connectivity index is 2.37. The number of nitrogens with one attached hydrogen (secondary N) is 3. The lowest BCUT2D eigenvalue weighted by molar-refractivity contribution is -0.149. The van der Waals surface area contributed by atoms with Gasteiger partial charge in [0, 0.05) is 5.56 Å². The molecule has 0 spiro atoms. The van der Waals surface area contributed by atoms with Gasteiger partial charge in [-0.25, -0.2) is 9.40 Å². The normalized spacial score (nSPS) is 12.4. The van der Waals surface area contributed by atoms with E-state index in [1.54, 1.807) is 39.0 Å². The van der Waals surface area contributed by atoms with Crippen molar-refractivity contribution < 1.29 is 33.5 Å². The van der Waals surface area contributed by atoms with Crippen LogP contribution in [0.1, 0.15) is 42.7 Å². The number of rotatable bonds is 9. The molecule has 0 aliphatic heterocycles. The first-order valence-corrected chi connectivity index (χ1v) is 11.9. The van der Waals surface area contributed by atoms with E-state index in [-0.39, 0.29) is 26.8 Å². The number of benzene rings is 2. The molecule has 0 radical (unpaired) electrons. The lowest BCUT2D eigenvalue weighted by Crippen LogP contribution is -2.57. The monoisotopic (exact) mass is 561 g/mol. The predicted octanol–water partition coefficient (Wildman–Crippen LogP) is 2.35. The highest BCUT2D eigenvalue weighted by atomic mass is 35.5. The Kier molecular flexibility index (Phi) is 10.2. The summed E-state index contributed by atoms with van der Waals surface area (Å²) in [6, 6.07) is 9.40. The fourth-order valence-corrected chi connectivity index (χ4v) is 3.55. The Morgan fingerprint density at radius 2 is 1.67 bits per heavy atom. The van der Waals surface area contributed by atoms with Crippen molar-refractivity contribution in [2.75, 3.05) is 12.3 Å². The van der Waals surface area contributed by atoms with Crippen LogP contribution in [-0.4, -0.2) is 52.3 Å². The minimum Gasteiger partial charge on any atom is -0.480 e. The van der Waals surface area contributed by atoms with Gasteiger partial charge in [0.25, 0.3) is 11.8 Å². The van der Waals surface area contributed by atoms with Gasteiger partial charge in [0.15, 0.2) is 5.83 Å². The van der Waals surface area contributed by atoms with Crippen LogP contribution in [0.3, 0.4) is 0 Å². The Morgan fingerprint density at radius 3 is 2.18 bits per heavy atom. The largest absolute Gasteiger partial charge is 0.480 e. The molecule has 0 fully saturated rings. The molecule has 2 atom stereocenters. The number of halogens is 2. The molecule has 0 aliphatic rings. The lowest BCUT2D eigenvalue weighted by Gasteiger charge is -2.32. The number of carboxylic acids is 1. The van der Waals surface area contributed by atoms with Gasteiger partial charge in [0.05, 0.1) is 10.7 Å². The second kappa shape index (κ2) is 12.9. The maximum absolute atomic E-state index is 13.5. The van der Waals surface area contributed by atoms with Gasteiger partial charge in [-0.15, -0.1) is 0 Å². The Hall–Kier alpha value is -4.45. The Bertz CT molecular complexity index is 1280. The van der Waals surface area contributed by atoms with Crippen LogP contribution in [0.4, 0.5) is 10.1 Å². The van der Waals surface area contributed by atoms with E-state index in [1.165, 1.54) is 30.3 Å². The predicted molar refractivity (Wildman–Crippen MR) is 142 cm³/mol. The number of nitrogens with zero attached hydrogens (tertiary/aromatic N) is 1. The number of hydrazine groups is 1. The number of nitrogen functional groups attached to an aromatic ring is 1. The van der Waals surface area contributed by atoms with E-state index in [0.29, 0.717) is 0 Å². The van der Waals surface area contributed by atoms with E-state index in [0.717, 1.165) is 0 Å². The summed E-state index contributed by atoms with van der Waals surface area (Å²) in [5.41, 5.74) is 7.53. The van der Waals surface area contributed by atoms with E-state index in [2.05, 4.69) is 17.2 Å². The van der Waals surface area contributed by atoms with Gasteiger partial charge >= 0.3 is 11.9 Å². The molecular weight excluding hydrogens is 533 g/mol. The van der Waals surface area contributed by atoms with Crippen molar-refractivity contribution in [3.8, 4) is 0 Å². The first-order valence-electron chi connectivity index (χ1n) is 11.5. The zero-order valence-corrected chi connectivity index (χ0v) is 22.2. The van der Waals surface area contributed by atoms with Crippen LogP contribution in [0.25, 0.3) is 0 Å². The highest BCUT2D eigenvalue weighted by molar-refractivity contribution is 6.33. The van der Waals surface area contributed by atoms with Crippen LogP contribution < -0.4 is 21.8 Å². The zero-order valence-electron chi connectivity index (χ0n) is 21.5. The number of carbonyl (C=O) groups is 5. The quantitative estimate of drug-likeness (QED) is 0.178. The third-order valence-corrected chi connectivity index (χ3v) is 5.69. The molecule has 0 aromatic heterocycles. The van der Waals surface area contributed by atoms with E-state index in [1.807, 2.05) is 5.43 Å². The number of hydrogen-bond donors (Lipinski definition) is 5. The smallest absolute Gasteiger partial charge is 0.325 e. The van der Waals surface area contributed by atoms with Crippen LogP contribution in [0, 0.1) is 5.41 Å². The van der Waals surface area contributed by atoms with Crippen molar-refractivity contribution in [1.29, 1.82) is 0 Å². The summed E-state index contributed by atoms with van der Waals surface area (Å²) in [6.07, 6.45) is 0. The van der Waals surface area contributed by atoms with Gasteiger partial charge in [-0.3, -0.25) is 29.4 Å². The number of hydrogen-bond acceptors (Lipinski definition) is 6. The summed E-state index contributed by atoms with van der Waals surface area (Å²) in [5.74, 6) is -6.97. The fourth-order valence-electron chi connectivity index (χ4n) is 3.37. The maximum atomic E-state index is 13.5. The van der Waals surface area contributed by atoms with Crippen LogP contribution in [0.5, 0.6) is 0 Å². The molecule has 0 aliphatic carbocycles. The number of anilines is 1. The summed E-state index contributed by atoms with van der Waals surface area (Å²) >= 11 is 6.01. The van der Waals surface area contributed by atoms with Gasteiger partial charge in [0.1, 0.15) is 18.6 Å². The highest BCUT2D eigenvalue weighted by Gasteiger charge is 2.36. The summed E-state index contributed by atoms with van der Waals surface area (Å²) < 4.78 is 13.5. The number of amides is 4. The molecule has 2 rings (SSSR count). The number of carboxylic acid groups (broad SMARTS) is 1. The third-order valence-electron chi connectivity index (χ3n) is 5.36. The van der Waals surface area contributed by atoms with Gasteiger partial charge < -0.3 is 21.5 Å². The highest BCUT2D eigenvalue weighted by Crippen LogP contribution is 2.24. The molecule has 2 aromatic rings. The van der Waals surface area contributed by atoms with Crippen LogP contribution in [-0.2, 0) is 19.2 Å². The standard InChI is InChI=1S/C26H29ClFN5O6/c1-14(28)25(39)33(13-19(34)35)32-23(37)20(15-8-6-5-7-9-15)30-24(38)21(26(2,3)4)31-22(36)16-10-11-18(29)17(27)12-16/h5-12,20-21H,1,13,29H2,2-4H3,(H,30,38)(H,31,36)(H,32,37)(H,34,35)/t20?,21-/m1/s1. The fraction of sp³-hybridized carbons (Fsp3) is 0.269. The third kappa shape index (κ3) is 8.54. The molecule has 11 nitrogen and oxygen atoms in total. The Labute approximate surface area is 229 Å². The van der Waals surface area contributed by atoms with Crippen molar-refractivity contribution in [2.45, 2.75) is 32.9 Å². The lowest BCUT2D eigenvalue weighted by atomic mass is 9.85. The van der Waals surface area contributed by atoms with Gasteiger partial charge in [-0.1, -0.05) is 69.3 Å². The SMILES string of the molecule is C=C(F)C(=O)N(CC(=O)O)NC(=O)C(NC(=O)[C@@H](NC(=O)c1ccc(N)c(Cl)c1)C(C)(C)C)c1ccccc1. The zero-order chi connectivity index (χ0) is 29.5. The average molecular weight is 562 g/mol. The molecular formula is C26H29ClFN5O6.